The number of halogens is 3. The van der Waals surface area contributed by atoms with Crippen molar-refractivity contribution < 1.29 is 18.3 Å². The van der Waals surface area contributed by atoms with Gasteiger partial charge in [0, 0.05) is 23.7 Å². The lowest BCUT2D eigenvalue weighted by atomic mass is 9.85. The average molecular weight is 454 g/mol. The van der Waals surface area contributed by atoms with Gasteiger partial charge in [-0.15, -0.1) is 11.8 Å². The van der Waals surface area contributed by atoms with Gasteiger partial charge in [0.05, 0.1) is 17.3 Å². The molecule has 0 radical (unpaired) electrons. The van der Waals surface area contributed by atoms with Crippen molar-refractivity contribution in [3.8, 4) is 0 Å². The Hall–Kier alpha value is -2.20. The first-order chi connectivity index (χ1) is 14.6. The topological polar surface area (TPSA) is 73.3 Å². The van der Waals surface area contributed by atoms with Crippen molar-refractivity contribution in [3.63, 3.8) is 0 Å². The molecule has 0 bridgehead atoms. The summed E-state index contributed by atoms with van der Waals surface area (Å²) in [6.45, 7) is 4.56. The third-order valence-electron chi connectivity index (χ3n) is 5.99. The number of rotatable bonds is 5. The summed E-state index contributed by atoms with van der Waals surface area (Å²) in [6.07, 6.45) is -2.98. The van der Waals surface area contributed by atoms with Crippen molar-refractivity contribution in [2.24, 2.45) is 5.92 Å². The number of aliphatic hydroxyl groups is 1. The summed E-state index contributed by atoms with van der Waals surface area (Å²) in [5.41, 5.74) is 0.905. The summed E-state index contributed by atoms with van der Waals surface area (Å²) < 4.78 is 38.0. The molecule has 2 heterocycles. The monoisotopic (exact) mass is 453 g/mol. The molecule has 3 N–H and O–H groups in total. The van der Waals surface area contributed by atoms with E-state index in [4.69, 9.17) is 0 Å². The van der Waals surface area contributed by atoms with E-state index < -0.39 is 18.0 Å². The van der Waals surface area contributed by atoms with Gasteiger partial charge in [-0.3, -0.25) is 0 Å². The van der Waals surface area contributed by atoms with Crippen LogP contribution in [0.15, 0.2) is 29.2 Å². The third-order valence-corrected chi connectivity index (χ3v) is 7.25. The number of nitrogens with one attached hydrogen (secondary N) is 2. The van der Waals surface area contributed by atoms with Crippen LogP contribution in [0.4, 0.5) is 30.6 Å². The maximum absolute atomic E-state index is 12.7. The van der Waals surface area contributed by atoms with Crippen LogP contribution in [-0.2, 0) is 6.18 Å². The minimum Gasteiger partial charge on any atom is -0.372 e. The van der Waals surface area contributed by atoms with Crippen molar-refractivity contribution in [2.45, 2.75) is 55.3 Å². The fourth-order valence-corrected chi connectivity index (χ4v) is 5.24. The molecule has 1 fully saturated rings. The summed E-state index contributed by atoms with van der Waals surface area (Å²) >= 11 is 1.63. The van der Waals surface area contributed by atoms with Crippen LogP contribution in [0.1, 0.15) is 31.0 Å². The van der Waals surface area contributed by atoms with Gasteiger partial charge in [0.15, 0.2) is 5.82 Å². The molecular formula is C21H26F3N5OS. The number of hydrogen-bond acceptors (Lipinski definition) is 7. The van der Waals surface area contributed by atoms with Crippen LogP contribution in [-0.4, -0.2) is 46.2 Å². The smallest absolute Gasteiger partial charge is 0.372 e. The molecule has 1 saturated carbocycles. The van der Waals surface area contributed by atoms with Crippen LogP contribution in [0, 0.1) is 12.8 Å². The van der Waals surface area contributed by atoms with E-state index in [0.29, 0.717) is 17.1 Å². The first-order valence-electron chi connectivity index (χ1n) is 10.3. The van der Waals surface area contributed by atoms with Gasteiger partial charge in [-0.25, -0.2) is 4.98 Å². The summed E-state index contributed by atoms with van der Waals surface area (Å²) in [7, 11) is 1.90. The summed E-state index contributed by atoms with van der Waals surface area (Å²) in [4.78, 5) is 11.9. The van der Waals surface area contributed by atoms with Gasteiger partial charge in [0.2, 0.25) is 5.95 Å². The molecule has 31 heavy (non-hydrogen) atoms. The highest BCUT2D eigenvalue weighted by Crippen LogP contribution is 2.41. The summed E-state index contributed by atoms with van der Waals surface area (Å²) in [5, 5.41) is 16.9. The lowest BCUT2D eigenvalue weighted by molar-refractivity contribution is -0.137. The molecule has 2 atom stereocenters. The van der Waals surface area contributed by atoms with Gasteiger partial charge in [-0.1, -0.05) is 0 Å². The first-order valence-corrected chi connectivity index (χ1v) is 11.1. The summed E-state index contributed by atoms with van der Waals surface area (Å²) in [5.74, 6) is 1.80. The van der Waals surface area contributed by atoms with Gasteiger partial charge in [-0.2, -0.15) is 18.2 Å². The first kappa shape index (κ1) is 22.0. The molecule has 2 aromatic rings. The van der Waals surface area contributed by atoms with Gasteiger partial charge < -0.3 is 20.6 Å². The highest BCUT2D eigenvalue weighted by molar-refractivity contribution is 8.00. The van der Waals surface area contributed by atoms with E-state index in [1.165, 1.54) is 0 Å². The van der Waals surface area contributed by atoms with Gasteiger partial charge >= 0.3 is 6.18 Å². The van der Waals surface area contributed by atoms with Crippen LogP contribution in [0.5, 0.6) is 0 Å². The van der Waals surface area contributed by atoms with E-state index in [2.05, 4.69) is 20.6 Å². The highest BCUT2D eigenvalue weighted by Gasteiger charge is 2.33. The highest BCUT2D eigenvalue weighted by atomic mass is 32.2. The molecule has 1 aromatic carbocycles. The Kier molecular flexibility index (Phi) is 5.95. The van der Waals surface area contributed by atoms with Crippen LogP contribution < -0.4 is 15.5 Å². The van der Waals surface area contributed by atoms with E-state index in [9.17, 15) is 18.3 Å². The van der Waals surface area contributed by atoms with Crippen molar-refractivity contribution in [1.82, 2.24) is 9.97 Å². The van der Waals surface area contributed by atoms with Crippen molar-refractivity contribution in [3.05, 3.63) is 35.5 Å². The predicted molar refractivity (Wildman–Crippen MR) is 117 cm³/mol. The second kappa shape index (κ2) is 8.38. The quantitative estimate of drug-likeness (QED) is 0.621. The number of nitrogens with zero attached hydrogens (tertiary/aromatic N) is 3. The normalized spacial score (nSPS) is 25.5. The second-order valence-corrected chi connectivity index (χ2v) is 9.63. The zero-order chi connectivity index (χ0) is 22.3. The predicted octanol–water partition coefficient (Wildman–Crippen LogP) is 4.36. The molecule has 4 rings (SSSR count). The van der Waals surface area contributed by atoms with Gasteiger partial charge in [-0.05, 0) is 56.9 Å². The number of benzene rings is 1. The lowest BCUT2D eigenvalue weighted by Gasteiger charge is -2.38. The lowest BCUT2D eigenvalue weighted by Crippen LogP contribution is -2.48. The number of fused-ring (bicyclic) bond motifs is 1. The number of aromatic nitrogens is 2. The standard InChI is InChI=1S/C21H26F3N5OS/c1-11-17-18(29(3)12(2)19(30)27-17)28-20(26-11)25-10-13-8-16(9-13)31-15-6-4-14(5-7-15)21(22,23)24/h4-7,12-13,16,19,27,30H,8-10H2,1-3H3,(H,25,26,28)/t12-,13?,16?,19?/m0/s1. The maximum atomic E-state index is 12.7. The second-order valence-electron chi connectivity index (χ2n) is 8.25. The Morgan fingerprint density at radius 3 is 2.55 bits per heavy atom. The SMILES string of the molecule is Cc1nc(NCC2CC(Sc3ccc(C(F)(F)F)cc3)C2)nc2c1NC(O)[C@H](C)N2C. The van der Waals surface area contributed by atoms with E-state index >= 15 is 0 Å². The molecule has 2 aliphatic rings. The van der Waals surface area contributed by atoms with E-state index in [0.717, 1.165) is 53.6 Å². The fraction of sp³-hybridized carbons (Fsp3) is 0.524. The van der Waals surface area contributed by atoms with E-state index in [-0.39, 0.29) is 6.04 Å². The van der Waals surface area contributed by atoms with Crippen LogP contribution in [0.3, 0.4) is 0 Å². The Morgan fingerprint density at radius 2 is 1.90 bits per heavy atom. The molecule has 0 amide bonds. The van der Waals surface area contributed by atoms with Gasteiger partial charge in [0.1, 0.15) is 11.9 Å². The third kappa shape index (κ3) is 4.69. The number of likely N-dealkylation sites (N-methyl/N-ethyl adjacent to an activating group) is 1. The van der Waals surface area contributed by atoms with Crippen LogP contribution >= 0.6 is 11.8 Å². The molecule has 6 nitrogen and oxygen atoms in total. The molecular weight excluding hydrogens is 427 g/mol. The summed E-state index contributed by atoms with van der Waals surface area (Å²) in [6, 6.07) is 5.27. The number of alkyl halides is 3. The number of thioether (sulfide) groups is 1. The van der Waals surface area contributed by atoms with Crippen molar-refractivity contribution in [2.75, 3.05) is 29.1 Å². The molecule has 1 aliphatic heterocycles. The minimum absolute atomic E-state index is 0.107. The Labute approximate surface area is 183 Å². The number of aliphatic hydroxyl groups excluding tert-OH is 1. The van der Waals surface area contributed by atoms with E-state index in [1.807, 2.05) is 25.8 Å². The Balaban J connectivity index is 1.29. The zero-order valence-electron chi connectivity index (χ0n) is 17.6. The Morgan fingerprint density at radius 1 is 1.23 bits per heavy atom. The van der Waals surface area contributed by atoms with E-state index in [1.54, 1.807) is 23.9 Å². The van der Waals surface area contributed by atoms with Gasteiger partial charge in [0.25, 0.3) is 0 Å². The largest absolute Gasteiger partial charge is 0.416 e. The molecule has 0 spiro atoms. The molecule has 168 valence electrons. The number of anilines is 3. The average Bonchev–Trinajstić information content (AvgIpc) is 2.68. The van der Waals surface area contributed by atoms with Crippen molar-refractivity contribution >= 4 is 29.2 Å². The minimum atomic E-state index is -4.30. The zero-order valence-corrected chi connectivity index (χ0v) is 18.4. The number of aryl methyl sites for hydroxylation is 1. The fourth-order valence-electron chi connectivity index (χ4n) is 3.82. The molecule has 10 heteroatoms. The van der Waals surface area contributed by atoms with Crippen LogP contribution in [0.25, 0.3) is 0 Å². The molecule has 1 unspecified atom stereocenters. The van der Waals surface area contributed by atoms with Crippen LogP contribution in [0.2, 0.25) is 0 Å². The molecule has 1 aliphatic carbocycles. The maximum Gasteiger partial charge on any atom is 0.416 e. The molecule has 0 saturated heterocycles. The van der Waals surface area contributed by atoms with Crippen molar-refractivity contribution in [1.29, 1.82) is 0 Å². The number of hydrogen-bond donors (Lipinski definition) is 3. The Bertz CT molecular complexity index is 934. The molecule has 1 aromatic heterocycles.